The first kappa shape index (κ1) is 40.6. The summed E-state index contributed by atoms with van der Waals surface area (Å²) in [6.07, 6.45) is -0.438. The van der Waals surface area contributed by atoms with Crippen molar-refractivity contribution >= 4 is 72.7 Å². The van der Waals surface area contributed by atoms with Gasteiger partial charge in [-0.15, -0.1) is 46.5 Å². The monoisotopic (exact) mass is 1120 g/mol. The van der Waals surface area contributed by atoms with Gasteiger partial charge >= 0.3 is 20.1 Å². The van der Waals surface area contributed by atoms with Crippen LogP contribution in [0.15, 0.2) is 152 Å². The molecule has 0 fully saturated rings. The zero-order valence-electron chi connectivity index (χ0n) is 44.4. The normalized spacial score (nSPS) is 15.9. The van der Waals surface area contributed by atoms with Gasteiger partial charge in [0.15, 0.2) is 0 Å². The van der Waals surface area contributed by atoms with E-state index in [0.717, 1.165) is 53.2 Å². The first-order valence-corrected chi connectivity index (χ1v) is 27.3. The molecular formula is C61H52FIrN4SSi. The molecular weight excluding hydrogens is 1060 g/mol. The number of anilines is 2. The van der Waals surface area contributed by atoms with Crippen molar-refractivity contribution in [1.82, 2.24) is 9.97 Å². The van der Waals surface area contributed by atoms with Crippen molar-refractivity contribution in [1.29, 1.82) is 0 Å². The third-order valence-electron chi connectivity index (χ3n) is 13.5. The van der Waals surface area contributed by atoms with Crippen LogP contribution >= 0.6 is 11.3 Å². The summed E-state index contributed by atoms with van der Waals surface area (Å²) >= 11 is 1.60. The average Bonchev–Trinajstić information content (AvgIpc) is 4.01. The van der Waals surface area contributed by atoms with E-state index in [0.29, 0.717) is 28.1 Å². The number of rotatable bonds is 6. The zero-order valence-corrected chi connectivity index (χ0v) is 43.6. The Bertz CT molecular complexity index is 3820. The second kappa shape index (κ2) is 17.9. The fourth-order valence-corrected chi connectivity index (χ4v) is 12.9. The molecule has 0 saturated heterocycles. The average molecular weight is 1120 g/mol. The molecule has 0 bridgehead atoms. The molecule has 0 N–H and O–H groups in total. The second-order valence-corrected chi connectivity index (χ2v) is 25.4. The van der Waals surface area contributed by atoms with Crippen LogP contribution in [0.4, 0.5) is 21.5 Å². The number of thiophene rings is 1. The van der Waals surface area contributed by atoms with Gasteiger partial charge in [-0.25, -0.2) is 4.98 Å². The molecule has 4 nitrogen and oxygen atoms in total. The summed E-state index contributed by atoms with van der Waals surface area (Å²) in [6, 6.07) is 53.6. The van der Waals surface area contributed by atoms with Crippen molar-refractivity contribution < 1.29 is 31.3 Å². The summed E-state index contributed by atoms with van der Waals surface area (Å²) in [5.41, 5.74) is 14.4. The van der Waals surface area contributed by atoms with Crippen LogP contribution in [0.2, 0.25) is 19.6 Å². The quantitative estimate of drug-likeness (QED) is 0.123. The maximum Gasteiger partial charge on any atom is 3.00 e. The molecule has 0 saturated carbocycles. The van der Waals surface area contributed by atoms with Gasteiger partial charge < -0.3 is 15.2 Å². The minimum absolute atomic E-state index is 0. The van der Waals surface area contributed by atoms with E-state index in [1.807, 2.05) is 48.5 Å². The predicted octanol–water partition coefficient (Wildman–Crippen LogP) is 16.3. The minimum atomic E-state index is -2.19. The number of pyridine rings is 2. The van der Waals surface area contributed by atoms with Crippen molar-refractivity contribution in [3.05, 3.63) is 220 Å². The van der Waals surface area contributed by atoms with Crippen LogP contribution < -0.4 is 10.1 Å². The summed E-state index contributed by atoms with van der Waals surface area (Å²) in [5, 5.41) is 10.8. The topological polar surface area (TPSA) is 43.1 Å². The Kier molecular flexibility index (Phi) is 10.5. The molecule has 10 aromatic rings. The Hall–Kier alpha value is -6.28. The van der Waals surface area contributed by atoms with Gasteiger partial charge in [0.25, 0.3) is 0 Å². The largest absolute Gasteiger partial charge is 3.00 e. The van der Waals surface area contributed by atoms with E-state index in [1.54, 1.807) is 29.7 Å². The van der Waals surface area contributed by atoms with E-state index < -0.39 is 21.3 Å². The minimum Gasteiger partial charge on any atom is -0.661 e. The van der Waals surface area contributed by atoms with E-state index in [1.165, 1.54) is 51.2 Å². The van der Waals surface area contributed by atoms with Gasteiger partial charge in [-0.05, 0) is 111 Å². The Morgan fingerprint density at radius 2 is 1.61 bits per heavy atom. The van der Waals surface area contributed by atoms with Crippen LogP contribution in [0.5, 0.6) is 0 Å². The number of aromatic nitrogens is 2. The molecule has 12 rings (SSSR count). The Balaban J connectivity index is 0.000000241. The summed E-state index contributed by atoms with van der Waals surface area (Å²) in [4.78, 5) is 12.6. The molecule has 0 spiro atoms. The van der Waals surface area contributed by atoms with E-state index in [-0.39, 0.29) is 37.5 Å². The van der Waals surface area contributed by atoms with Gasteiger partial charge in [-0.3, -0.25) is 4.39 Å². The van der Waals surface area contributed by atoms with Crippen LogP contribution in [0.25, 0.3) is 58.8 Å². The van der Waals surface area contributed by atoms with Gasteiger partial charge in [0.2, 0.25) is 0 Å². The first-order chi connectivity index (χ1) is 34.7. The Labute approximate surface area is 430 Å². The number of hydrogen-bond acceptors (Lipinski definition) is 4. The van der Waals surface area contributed by atoms with Crippen molar-refractivity contribution in [3.8, 4) is 22.4 Å². The number of halogens is 1. The smallest absolute Gasteiger partial charge is 0.661 e. The van der Waals surface area contributed by atoms with Crippen LogP contribution in [0, 0.1) is 38.6 Å². The Morgan fingerprint density at radius 3 is 2.39 bits per heavy atom. The van der Waals surface area contributed by atoms with Crippen LogP contribution in [0.3, 0.4) is 0 Å². The molecule has 3 aromatic heterocycles. The van der Waals surface area contributed by atoms with Crippen molar-refractivity contribution in [2.45, 2.75) is 72.1 Å². The van der Waals surface area contributed by atoms with Crippen LogP contribution in [-0.2, 0) is 31.9 Å². The Morgan fingerprint density at radius 1 is 0.826 bits per heavy atom. The third kappa shape index (κ3) is 8.11. The van der Waals surface area contributed by atoms with E-state index in [4.69, 9.17) is 17.2 Å². The number of fused-ring (bicyclic) bond motifs is 9. The SMILES string of the molecule is [2H]C([2H])([2H])c1cc(-c2[c-]cc(F)cc2)ncc1[Si](C)(C)C.[2H]C([2H])(c1ccccc1)c1ccc2c(n1)sc1c(C3[N-]c4c(ccc5ccccc45)N3c3c(C)cc4c(c3C)C(C)(C)c3ccccc3-4)[c-]ccc12.[Ir+3]. The maximum absolute atomic E-state index is 13.0. The number of hydrogen-bond donors (Lipinski definition) is 0. The van der Waals surface area contributed by atoms with E-state index >= 15 is 0 Å². The van der Waals surface area contributed by atoms with E-state index in [2.05, 4.69) is 142 Å². The van der Waals surface area contributed by atoms with Crippen molar-refractivity contribution in [3.63, 3.8) is 0 Å². The first-order valence-electron chi connectivity index (χ1n) is 25.5. The predicted molar refractivity (Wildman–Crippen MR) is 287 cm³/mol. The maximum atomic E-state index is 13.0. The number of aryl methyl sites for hydroxylation is 2. The van der Waals surface area contributed by atoms with Crippen LogP contribution in [-0.4, -0.2) is 18.0 Å². The standard InChI is InChI=1S/C46H35N3S.C15H17FNSi.Ir/c1-27-25-37-33-17-10-11-20-38(33)46(3,4)40(37)28(2)42(27)49-39-24-21-30-15-8-9-16-32(30)41(39)48-44(49)36-19-12-18-34-35-23-22-31(47-45(35)50-43(34)36)26-29-13-6-5-7-14-29;1-11-9-14(12-5-7-13(16)8-6-12)17-10-15(11)18(2,3)4;/h5-18,20-25,44H,26H2,1-4H3;5,7-10H,1-4H3;/q-2;-1;+3/i26D2;1D3;. The molecule has 0 amide bonds. The molecule has 2 aliphatic rings. The molecule has 4 heterocycles. The summed E-state index contributed by atoms with van der Waals surface area (Å²) in [5.74, 6) is -0.381. The van der Waals surface area contributed by atoms with Gasteiger partial charge in [-0.1, -0.05) is 141 Å². The summed E-state index contributed by atoms with van der Waals surface area (Å²) < 4.78 is 55.3. The van der Waals surface area contributed by atoms with Crippen molar-refractivity contribution in [2.24, 2.45) is 0 Å². The van der Waals surface area contributed by atoms with Gasteiger partial charge in [0.1, 0.15) is 4.83 Å². The molecule has 1 atom stereocenters. The molecule has 1 aliphatic heterocycles. The molecule has 342 valence electrons. The molecule has 1 unspecified atom stereocenters. The second-order valence-electron chi connectivity index (χ2n) is 19.3. The van der Waals surface area contributed by atoms with Gasteiger partial charge in [0, 0.05) is 47.7 Å². The fourth-order valence-electron chi connectivity index (χ4n) is 10.4. The summed E-state index contributed by atoms with van der Waals surface area (Å²) in [6.45, 7) is 13.3. The molecule has 0 radical (unpaired) electrons. The van der Waals surface area contributed by atoms with Crippen LogP contribution in [0.1, 0.15) is 71.5 Å². The van der Waals surface area contributed by atoms with E-state index in [9.17, 15) is 4.39 Å². The van der Waals surface area contributed by atoms with Gasteiger partial charge in [-0.2, -0.15) is 29.5 Å². The molecule has 8 heteroatoms. The third-order valence-corrected chi connectivity index (χ3v) is 16.7. The number of benzene rings is 7. The number of nitrogens with zero attached hydrogens (tertiary/aromatic N) is 4. The summed E-state index contributed by atoms with van der Waals surface area (Å²) in [7, 11) is -1.81. The molecule has 7 aromatic carbocycles. The fraction of sp³-hybridized carbons (Fsp3) is 0.180. The van der Waals surface area contributed by atoms with Crippen molar-refractivity contribution in [2.75, 3.05) is 4.90 Å². The van der Waals surface area contributed by atoms with Gasteiger partial charge in [0.05, 0.1) is 8.07 Å². The zero-order chi connectivity index (χ0) is 51.4. The molecule has 69 heavy (non-hydrogen) atoms. The molecule has 1 aliphatic carbocycles.